The molecule has 1 aromatic carbocycles. The van der Waals surface area contributed by atoms with E-state index in [4.69, 9.17) is 14.2 Å². The standard InChI is InChI=1S/C20H29NO5/c1-5-24-18(22)14-25-17-11-12-21(19(23)26-20(2,3)4)16(17)13-15-9-7-6-8-10-15/h6-10,16-17H,5,11-14H2,1-4H3/t16-,17?/m0/s1. The van der Waals surface area contributed by atoms with Gasteiger partial charge in [0, 0.05) is 6.54 Å². The van der Waals surface area contributed by atoms with Gasteiger partial charge in [0.25, 0.3) is 0 Å². The maximum Gasteiger partial charge on any atom is 0.410 e. The molecule has 0 saturated carbocycles. The summed E-state index contributed by atoms with van der Waals surface area (Å²) in [6.07, 6.45) is 0.733. The predicted molar refractivity (Wildman–Crippen MR) is 97.9 cm³/mol. The lowest BCUT2D eigenvalue weighted by Crippen LogP contribution is -2.44. The van der Waals surface area contributed by atoms with E-state index in [9.17, 15) is 9.59 Å². The summed E-state index contributed by atoms with van der Waals surface area (Å²) < 4.78 is 16.3. The summed E-state index contributed by atoms with van der Waals surface area (Å²) in [5.74, 6) is -0.387. The van der Waals surface area contributed by atoms with Crippen LogP contribution in [0.1, 0.15) is 39.7 Å². The molecule has 6 nitrogen and oxygen atoms in total. The topological polar surface area (TPSA) is 65.1 Å². The van der Waals surface area contributed by atoms with Crippen molar-refractivity contribution in [2.45, 2.75) is 58.3 Å². The molecule has 0 radical (unpaired) electrons. The van der Waals surface area contributed by atoms with Crippen LogP contribution in [-0.2, 0) is 25.4 Å². The van der Waals surface area contributed by atoms with Gasteiger partial charge < -0.3 is 19.1 Å². The van der Waals surface area contributed by atoms with Crippen LogP contribution in [0.25, 0.3) is 0 Å². The van der Waals surface area contributed by atoms with Crippen molar-refractivity contribution in [3.8, 4) is 0 Å². The summed E-state index contributed by atoms with van der Waals surface area (Å²) in [6, 6.07) is 9.76. The fraction of sp³-hybridized carbons (Fsp3) is 0.600. The van der Waals surface area contributed by atoms with Gasteiger partial charge in [-0.25, -0.2) is 9.59 Å². The van der Waals surface area contributed by atoms with Gasteiger partial charge in [0.2, 0.25) is 0 Å². The number of benzene rings is 1. The maximum absolute atomic E-state index is 12.6. The lowest BCUT2D eigenvalue weighted by atomic mass is 10.0. The molecule has 2 rings (SSSR count). The number of likely N-dealkylation sites (tertiary alicyclic amines) is 1. The molecule has 0 aliphatic carbocycles. The van der Waals surface area contributed by atoms with Crippen molar-refractivity contribution in [2.75, 3.05) is 19.8 Å². The summed E-state index contributed by atoms with van der Waals surface area (Å²) >= 11 is 0. The van der Waals surface area contributed by atoms with Crippen molar-refractivity contribution in [1.82, 2.24) is 4.90 Å². The van der Waals surface area contributed by atoms with Crippen LogP contribution in [0.15, 0.2) is 30.3 Å². The second-order valence-electron chi connectivity index (χ2n) is 7.37. The van der Waals surface area contributed by atoms with E-state index in [0.29, 0.717) is 26.0 Å². The minimum Gasteiger partial charge on any atom is -0.464 e. The molecule has 2 atom stereocenters. The first kappa shape index (κ1) is 20.2. The second-order valence-corrected chi connectivity index (χ2v) is 7.37. The van der Waals surface area contributed by atoms with Crippen molar-refractivity contribution in [3.63, 3.8) is 0 Å². The Labute approximate surface area is 155 Å². The number of amides is 1. The van der Waals surface area contributed by atoms with E-state index in [1.807, 2.05) is 51.1 Å². The van der Waals surface area contributed by atoms with E-state index in [2.05, 4.69) is 0 Å². The number of nitrogens with zero attached hydrogens (tertiary/aromatic N) is 1. The lowest BCUT2D eigenvalue weighted by molar-refractivity contribution is -0.150. The highest BCUT2D eigenvalue weighted by atomic mass is 16.6. The zero-order chi connectivity index (χ0) is 19.2. The van der Waals surface area contributed by atoms with Gasteiger partial charge in [-0.15, -0.1) is 0 Å². The summed E-state index contributed by atoms with van der Waals surface area (Å²) in [6.45, 7) is 8.07. The molecule has 1 amide bonds. The van der Waals surface area contributed by atoms with Gasteiger partial charge in [0.1, 0.15) is 12.2 Å². The largest absolute Gasteiger partial charge is 0.464 e. The molecule has 1 aliphatic rings. The molecule has 1 heterocycles. The van der Waals surface area contributed by atoms with Crippen LogP contribution in [-0.4, -0.2) is 54.5 Å². The van der Waals surface area contributed by atoms with Gasteiger partial charge in [-0.3, -0.25) is 0 Å². The highest BCUT2D eigenvalue weighted by molar-refractivity contribution is 5.71. The van der Waals surface area contributed by atoms with E-state index in [0.717, 1.165) is 5.56 Å². The lowest BCUT2D eigenvalue weighted by Gasteiger charge is -2.30. The average molecular weight is 363 g/mol. The Morgan fingerprint density at radius 2 is 1.88 bits per heavy atom. The first-order valence-corrected chi connectivity index (χ1v) is 9.11. The smallest absolute Gasteiger partial charge is 0.410 e. The maximum atomic E-state index is 12.6. The van der Waals surface area contributed by atoms with E-state index >= 15 is 0 Å². The summed E-state index contributed by atoms with van der Waals surface area (Å²) in [5.41, 5.74) is 0.552. The van der Waals surface area contributed by atoms with Crippen LogP contribution >= 0.6 is 0 Å². The number of carbonyl (C=O) groups is 2. The molecule has 0 N–H and O–H groups in total. The third-order valence-electron chi connectivity index (χ3n) is 4.12. The van der Waals surface area contributed by atoms with Crippen LogP contribution in [0.5, 0.6) is 0 Å². The quantitative estimate of drug-likeness (QED) is 0.726. The highest BCUT2D eigenvalue weighted by Gasteiger charge is 2.40. The molecule has 1 aliphatic heterocycles. The first-order chi connectivity index (χ1) is 12.3. The fourth-order valence-electron chi connectivity index (χ4n) is 3.04. The molecular weight excluding hydrogens is 334 g/mol. The molecule has 26 heavy (non-hydrogen) atoms. The van der Waals surface area contributed by atoms with Gasteiger partial charge in [0.05, 0.1) is 18.8 Å². The molecule has 1 saturated heterocycles. The Hall–Kier alpha value is -2.08. The van der Waals surface area contributed by atoms with Crippen molar-refractivity contribution >= 4 is 12.1 Å². The summed E-state index contributed by atoms with van der Waals surface area (Å²) in [5, 5.41) is 0. The Morgan fingerprint density at radius 1 is 1.19 bits per heavy atom. The second kappa shape index (κ2) is 9.03. The molecule has 1 aromatic rings. The zero-order valence-corrected chi connectivity index (χ0v) is 16.1. The van der Waals surface area contributed by atoms with Crippen LogP contribution in [0.2, 0.25) is 0 Å². The first-order valence-electron chi connectivity index (χ1n) is 9.11. The Balaban J connectivity index is 2.09. The molecule has 0 aromatic heterocycles. The van der Waals surface area contributed by atoms with Crippen LogP contribution < -0.4 is 0 Å². The monoisotopic (exact) mass is 363 g/mol. The van der Waals surface area contributed by atoms with Gasteiger partial charge in [-0.05, 0) is 46.1 Å². The van der Waals surface area contributed by atoms with Crippen LogP contribution in [0.4, 0.5) is 4.79 Å². The fourth-order valence-corrected chi connectivity index (χ4v) is 3.04. The number of hydrogen-bond donors (Lipinski definition) is 0. The van der Waals surface area contributed by atoms with Crippen LogP contribution in [0, 0.1) is 0 Å². The van der Waals surface area contributed by atoms with Crippen LogP contribution in [0.3, 0.4) is 0 Å². The van der Waals surface area contributed by atoms with Crippen molar-refractivity contribution in [3.05, 3.63) is 35.9 Å². The van der Waals surface area contributed by atoms with Gasteiger partial charge in [-0.1, -0.05) is 30.3 Å². The van der Waals surface area contributed by atoms with Gasteiger partial charge in [0.15, 0.2) is 0 Å². The number of carbonyl (C=O) groups excluding carboxylic acids is 2. The molecule has 6 heteroatoms. The molecule has 1 fully saturated rings. The van der Waals surface area contributed by atoms with E-state index in [1.165, 1.54) is 0 Å². The van der Waals surface area contributed by atoms with Crippen molar-refractivity contribution < 1.29 is 23.8 Å². The Bertz CT molecular complexity index is 596. The third-order valence-corrected chi connectivity index (χ3v) is 4.12. The molecule has 0 spiro atoms. The molecular formula is C20H29NO5. The molecule has 0 bridgehead atoms. The van der Waals surface area contributed by atoms with E-state index in [-0.39, 0.29) is 30.8 Å². The SMILES string of the molecule is CCOC(=O)COC1CCN(C(=O)OC(C)(C)C)[C@H]1Cc1ccccc1. The molecule has 144 valence electrons. The van der Waals surface area contributed by atoms with E-state index < -0.39 is 5.60 Å². The minimum atomic E-state index is -0.557. The van der Waals surface area contributed by atoms with Crippen molar-refractivity contribution in [2.24, 2.45) is 0 Å². The zero-order valence-electron chi connectivity index (χ0n) is 16.1. The Kier molecular flexibility index (Phi) is 7.03. The highest BCUT2D eigenvalue weighted by Crippen LogP contribution is 2.26. The Morgan fingerprint density at radius 3 is 2.50 bits per heavy atom. The summed E-state index contributed by atoms with van der Waals surface area (Å²) in [4.78, 5) is 25.9. The average Bonchev–Trinajstić information content (AvgIpc) is 2.95. The van der Waals surface area contributed by atoms with Gasteiger partial charge >= 0.3 is 12.1 Å². The van der Waals surface area contributed by atoms with Gasteiger partial charge in [-0.2, -0.15) is 0 Å². The third kappa shape index (κ3) is 6.02. The number of ether oxygens (including phenoxy) is 3. The number of rotatable bonds is 6. The normalized spacial score (nSPS) is 20.1. The molecule has 1 unspecified atom stereocenters. The van der Waals surface area contributed by atoms with Crippen molar-refractivity contribution in [1.29, 1.82) is 0 Å². The number of hydrogen-bond acceptors (Lipinski definition) is 5. The number of esters is 1. The van der Waals surface area contributed by atoms with E-state index in [1.54, 1.807) is 11.8 Å². The minimum absolute atomic E-state index is 0.105. The summed E-state index contributed by atoms with van der Waals surface area (Å²) in [7, 11) is 0. The predicted octanol–water partition coefficient (Wildman–Crippen LogP) is 3.19.